The Balaban J connectivity index is 1.31. The molecule has 0 aliphatic carbocycles. The van der Waals surface area contributed by atoms with Gasteiger partial charge in [0, 0.05) is 45.2 Å². The minimum absolute atomic E-state index is 0.00203. The number of hydrogen-bond donors (Lipinski definition) is 3. The number of oxazole rings is 1. The van der Waals surface area contributed by atoms with Crippen LogP contribution in [0.3, 0.4) is 0 Å². The van der Waals surface area contributed by atoms with Crippen molar-refractivity contribution in [1.82, 2.24) is 45.7 Å². The molecule has 2 aliphatic rings. The number of hydrogen-bond acceptors (Lipinski definition) is 10. The average Bonchev–Trinajstić information content (AvgIpc) is 3.85. The lowest BCUT2D eigenvalue weighted by Gasteiger charge is -2.23. The van der Waals surface area contributed by atoms with Crippen LogP contribution in [0.25, 0.3) is 0 Å². The second-order valence-corrected chi connectivity index (χ2v) is 12.5. The van der Waals surface area contributed by atoms with Crippen molar-refractivity contribution in [2.75, 3.05) is 26.7 Å². The first-order valence-electron chi connectivity index (χ1n) is 16.0. The van der Waals surface area contributed by atoms with Crippen LogP contribution in [0.2, 0.25) is 0 Å². The minimum Gasteiger partial charge on any atom is -0.446 e. The summed E-state index contributed by atoms with van der Waals surface area (Å²) < 4.78 is 12.6. The molecule has 2 aliphatic heterocycles. The fourth-order valence-corrected chi connectivity index (χ4v) is 5.71. The van der Waals surface area contributed by atoms with E-state index in [0.717, 1.165) is 5.56 Å². The van der Waals surface area contributed by atoms with Crippen molar-refractivity contribution in [3.05, 3.63) is 88.7 Å². The van der Waals surface area contributed by atoms with Crippen molar-refractivity contribution < 1.29 is 32.9 Å². The summed E-state index contributed by atoms with van der Waals surface area (Å²) in [5.74, 6) is -2.02. The zero-order chi connectivity index (χ0) is 34.7. The maximum Gasteiger partial charge on any atom is 0.274 e. The number of benzene rings is 1. The number of likely N-dealkylation sites (N-methyl/N-ethyl adjacent to an activating group) is 1. The van der Waals surface area contributed by atoms with Crippen molar-refractivity contribution in [2.45, 2.75) is 51.9 Å². The highest BCUT2D eigenvalue weighted by atomic mass is 16.5. The van der Waals surface area contributed by atoms with Gasteiger partial charge in [0.25, 0.3) is 23.6 Å². The molecular formula is C33H37N9O7. The van der Waals surface area contributed by atoms with Crippen LogP contribution in [0.5, 0.6) is 0 Å². The number of amides is 5. The SMILES string of the molecule is CC(C)C[C@H]1NC(=O)c2cc(on2)CN(C(=O)c2cc3n(n2)CCN(C)C3=O)CCNC(=O)[C@H](Cc2ccccc2)NC(=O)c2coc1n2. The maximum atomic E-state index is 13.8. The molecule has 0 radical (unpaired) electrons. The summed E-state index contributed by atoms with van der Waals surface area (Å²) in [7, 11) is 1.68. The van der Waals surface area contributed by atoms with Crippen molar-refractivity contribution in [1.29, 1.82) is 0 Å². The number of nitrogens with zero attached hydrogens (tertiary/aromatic N) is 6. The molecule has 49 heavy (non-hydrogen) atoms. The van der Waals surface area contributed by atoms with Crippen LogP contribution in [0.4, 0.5) is 0 Å². The molecule has 256 valence electrons. The second kappa shape index (κ2) is 14.1. The third kappa shape index (κ3) is 7.52. The van der Waals surface area contributed by atoms with E-state index in [1.54, 1.807) is 11.9 Å². The van der Waals surface area contributed by atoms with Crippen LogP contribution in [-0.4, -0.2) is 92.0 Å². The Bertz CT molecular complexity index is 1860. The van der Waals surface area contributed by atoms with Gasteiger partial charge in [0.2, 0.25) is 11.8 Å². The quantitative estimate of drug-likeness (QED) is 0.280. The molecule has 6 rings (SSSR count). The van der Waals surface area contributed by atoms with Crippen LogP contribution in [0, 0.1) is 5.92 Å². The van der Waals surface area contributed by atoms with Gasteiger partial charge in [-0.1, -0.05) is 49.3 Å². The first kappa shape index (κ1) is 33.1. The topological polar surface area (TPSA) is 198 Å². The lowest BCUT2D eigenvalue weighted by atomic mass is 10.0. The van der Waals surface area contributed by atoms with E-state index in [0.29, 0.717) is 25.2 Å². The molecule has 0 spiro atoms. The Morgan fingerprint density at radius 1 is 0.980 bits per heavy atom. The predicted octanol–water partition coefficient (Wildman–Crippen LogP) is 1.58. The van der Waals surface area contributed by atoms with Gasteiger partial charge in [-0.05, 0) is 17.9 Å². The van der Waals surface area contributed by atoms with Gasteiger partial charge >= 0.3 is 0 Å². The van der Waals surface area contributed by atoms with Crippen LogP contribution in [-0.2, 0) is 24.3 Å². The van der Waals surface area contributed by atoms with Gasteiger partial charge in [-0.3, -0.25) is 28.7 Å². The smallest absolute Gasteiger partial charge is 0.274 e. The Morgan fingerprint density at radius 2 is 1.73 bits per heavy atom. The summed E-state index contributed by atoms with van der Waals surface area (Å²) in [6, 6.07) is 10.4. The molecule has 4 bridgehead atoms. The first-order chi connectivity index (χ1) is 23.5. The van der Waals surface area contributed by atoms with Gasteiger partial charge in [0.1, 0.15) is 24.0 Å². The first-order valence-corrected chi connectivity index (χ1v) is 16.0. The molecule has 5 heterocycles. The van der Waals surface area contributed by atoms with E-state index < -0.39 is 35.7 Å². The molecule has 0 unspecified atom stereocenters. The molecule has 2 atom stereocenters. The van der Waals surface area contributed by atoms with E-state index in [9.17, 15) is 24.0 Å². The van der Waals surface area contributed by atoms with Crippen LogP contribution in [0.15, 0.2) is 57.7 Å². The zero-order valence-electron chi connectivity index (χ0n) is 27.3. The van der Waals surface area contributed by atoms with Gasteiger partial charge in [-0.2, -0.15) is 5.10 Å². The Kier molecular flexibility index (Phi) is 9.55. The molecule has 0 saturated heterocycles. The fraction of sp³-hybridized carbons (Fsp3) is 0.394. The summed E-state index contributed by atoms with van der Waals surface area (Å²) >= 11 is 0. The van der Waals surface area contributed by atoms with Gasteiger partial charge < -0.3 is 34.7 Å². The van der Waals surface area contributed by atoms with Crippen molar-refractivity contribution in [2.24, 2.45) is 5.92 Å². The fourth-order valence-electron chi connectivity index (χ4n) is 5.71. The number of carbonyl (C=O) groups excluding carboxylic acids is 5. The molecule has 3 N–H and O–H groups in total. The summed E-state index contributed by atoms with van der Waals surface area (Å²) in [5, 5.41) is 16.7. The van der Waals surface area contributed by atoms with E-state index in [1.165, 1.54) is 28.0 Å². The molecule has 16 heteroatoms. The Hall–Kier alpha value is -5.80. The van der Waals surface area contributed by atoms with Gasteiger partial charge in [0.05, 0.1) is 13.1 Å². The highest BCUT2D eigenvalue weighted by Gasteiger charge is 2.31. The highest BCUT2D eigenvalue weighted by molar-refractivity contribution is 5.98. The van der Waals surface area contributed by atoms with E-state index in [1.807, 2.05) is 44.2 Å². The number of carbonyl (C=O) groups is 5. The van der Waals surface area contributed by atoms with Gasteiger partial charge in [-0.15, -0.1) is 0 Å². The maximum absolute atomic E-state index is 13.8. The largest absolute Gasteiger partial charge is 0.446 e. The molecule has 16 nitrogen and oxygen atoms in total. The van der Waals surface area contributed by atoms with E-state index in [-0.39, 0.29) is 66.6 Å². The minimum atomic E-state index is -0.996. The molecular weight excluding hydrogens is 634 g/mol. The van der Waals surface area contributed by atoms with Crippen molar-refractivity contribution in [3.8, 4) is 0 Å². The summed E-state index contributed by atoms with van der Waals surface area (Å²) in [6.07, 6.45) is 1.81. The van der Waals surface area contributed by atoms with Crippen molar-refractivity contribution in [3.63, 3.8) is 0 Å². The molecule has 1 aromatic carbocycles. The molecule has 0 fully saturated rings. The number of nitrogens with one attached hydrogen (secondary N) is 3. The van der Waals surface area contributed by atoms with Crippen LogP contribution < -0.4 is 16.0 Å². The average molecular weight is 672 g/mol. The lowest BCUT2D eigenvalue weighted by Crippen LogP contribution is -2.49. The molecule has 4 aromatic rings. The van der Waals surface area contributed by atoms with Crippen molar-refractivity contribution >= 4 is 29.5 Å². The molecule has 3 aromatic heterocycles. The van der Waals surface area contributed by atoms with E-state index in [4.69, 9.17) is 8.94 Å². The van der Waals surface area contributed by atoms with Gasteiger partial charge in [0.15, 0.2) is 22.8 Å². The Labute approximate surface area is 281 Å². The summed E-state index contributed by atoms with van der Waals surface area (Å²) in [6.45, 7) is 4.69. The second-order valence-electron chi connectivity index (χ2n) is 12.5. The van der Waals surface area contributed by atoms with E-state index >= 15 is 0 Å². The number of fused-ring (bicyclic) bond motifs is 5. The third-order valence-electron chi connectivity index (χ3n) is 8.29. The molecule has 5 amide bonds. The van der Waals surface area contributed by atoms with Gasteiger partial charge in [-0.25, -0.2) is 4.98 Å². The van der Waals surface area contributed by atoms with E-state index in [2.05, 4.69) is 31.2 Å². The number of rotatable bonds is 5. The molecule has 0 saturated carbocycles. The summed E-state index contributed by atoms with van der Waals surface area (Å²) in [4.78, 5) is 74.1. The lowest BCUT2D eigenvalue weighted by molar-refractivity contribution is -0.123. The van der Waals surface area contributed by atoms with Crippen LogP contribution in [0.1, 0.15) is 85.5 Å². The highest BCUT2D eigenvalue weighted by Crippen LogP contribution is 2.23. The standard InChI is InChI=1S/C33H37N9O7/c1-19(2)13-24-31-37-26(18-48-31)30(45)35-22(14-20-7-5-4-6-8-20)28(43)34-9-10-41(17-21-15-23(39-49-21)29(44)36-24)32(46)25-16-27-33(47)40(3)11-12-42(27)38-25/h4-8,15-16,18-19,22,24H,9-14,17H2,1-3H3,(H,34,43)(H,35,45)(H,36,44)/t22-,24+/m0/s1. The number of aromatic nitrogens is 4. The third-order valence-corrected chi connectivity index (χ3v) is 8.29. The monoisotopic (exact) mass is 671 g/mol. The van der Waals surface area contributed by atoms with Crippen LogP contribution >= 0.6 is 0 Å². The Morgan fingerprint density at radius 3 is 2.51 bits per heavy atom. The normalized spacial score (nSPS) is 19.1. The predicted molar refractivity (Wildman–Crippen MR) is 171 cm³/mol. The zero-order valence-corrected chi connectivity index (χ0v) is 27.3. The summed E-state index contributed by atoms with van der Waals surface area (Å²) in [5.41, 5.74) is 1.05.